The van der Waals surface area contributed by atoms with E-state index in [9.17, 15) is 8.42 Å². The summed E-state index contributed by atoms with van der Waals surface area (Å²) < 4.78 is 45.0. The van der Waals surface area contributed by atoms with Crippen LogP contribution in [0.2, 0.25) is 0 Å². The van der Waals surface area contributed by atoms with E-state index >= 15 is 0 Å². The first-order valence-electron chi connectivity index (χ1n) is 14.2. The number of likely N-dealkylation sites (N-methyl/N-ethyl adjacent to an activating group) is 1. The van der Waals surface area contributed by atoms with Gasteiger partial charge in [-0.3, -0.25) is 4.31 Å². The monoisotopic (exact) mass is 675 g/mol. The van der Waals surface area contributed by atoms with Crippen LogP contribution in [0.25, 0.3) is 0 Å². The first-order valence-corrected chi connectivity index (χ1v) is 16.8. The van der Waals surface area contributed by atoms with Crippen LogP contribution in [0.4, 0.5) is 34.5 Å². The van der Waals surface area contributed by atoms with E-state index in [1.165, 1.54) is 11.4 Å². The molecule has 0 unspecified atom stereocenters. The molecule has 1 saturated heterocycles. The number of rotatable bonds is 4. The van der Waals surface area contributed by atoms with Crippen molar-refractivity contribution in [3.05, 3.63) is 41.0 Å². The summed E-state index contributed by atoms with van der Waals surface area (Å²) in [6, 6.07) is 9.25. The number of benzene rings is 2. The summed E-state index contributed by atoms with van der Waals surface area (Å²) in [6.07, 6.45) is 5.38. The van der Waals surface area contributed by atoms with Crippen molar-refractivity contribution in [2.75, 3.05) is 86.7 Å². The number of fused-ring (bicyclic) bond motifs is 8. The number of sulfonamides is 1. The number of methoxy groups -OCH3 is 1. The van der Waals surface area contributed by atoms with Gasteiger partial charge < -0.3 is 34.6 Å². The van der Waals surface area contributed by atoms with Gasteiger partial charge in [-0.2, -0.15) is 4.98 Å². The molecule has 43 heavy (non-hydrogen) atoms. The van der Waals surface area contributed by atoms with Crippen LogP contribution in [0, 0.1) is 0 Å². The fourth-order valence-electron chi connectivity index (χ4n) is 4.89. The van der Waals surface area contributed by atoms with Crippen molar-refractivity contribution in [2.24, 2.45) is 0 Å². The molecular formula is C29H38BrN7O5S. The zero-order valence-corrected chi connectivity index (χ0v) is 27.3. The summed E-state index contributed by atoms with van der Waals surface area (Å²) in [4.78, 5) is 13.8. The first kappa shape index (κ1) is 31.0. The molecule has 232 valence electrons. The summed E-state index contributed by atoms with van der Waals surface area (Å²) in [6.45, 7) is 4.76. The molecule has 2 aromatic carbocycles. The van der Waals surface area contributed by atoms with Gasteiger partial charge in [-0.25, -0.2) is 13.4 Å². The van der Waals surface area contributed by atoms with E-state index in [0.717, 1.165) is 63.1 Å². The topological polar surface area (TPSA) is 121 Å². The van der Waals surface area contributed by atoms with Crippen LogP contribution >= 0.6 is 15.9 Å². The molecule has 3 aromatic rings. The van der Waals surface area contributed by atoms with Crippen LogP contribution in [-0.4, -0.2) is 90.1 Å². The van der Waals surface area contributed by atoms with Crippen LogP contribution in [0.15, 0.2) is 41.0 Å². The van der Waals surface area contributed by atoms with Gasteiger partial charge in [-0.15, -0.1) is 0 Å². The fraction of sp³-hybridized carbons (Fsp3) is 0.448. The quantitative estimate of drug-likeness (QED) is 0.396. The van der Waals surface area contributed by atoms with Gasteiger partial charge in [0.25, 0.3) is 0 Å². The number of hydrogen-bond donors (Lipinski definition) is 2. The average molecular weight is 677 g/mol. The smallest absolute Gasteiger partial charge is 0.232 e. The highest BCUT2D eigenvalue weighted by Gasteiger charge is 2.22. The number of aromatic nitrogens is 2. The SMILES string of the molecule is COc1cc(N2CCN(C)CC2)c2cc1Nc1ncc(Br)c(n1)Nc1ccc(cc1N(C)S(C)(=O)=O)OCCCCCO2. The minimum Gasteiger partial charge on any atom is -0.494 e. The molecule has 2 N–H and O–H groups in total. The summed E-state index contributed by atoms with van der Waals surface area (Å²) in [5, 5.41) is 6.56. The van der Waals surface area contributed by atoms with Gasteiger partial charge in [0.15, 0.2) is 0 Å². The number of nitrogens with zero attached hydrogens (tertiary/aromatic N) is 5. The molecule has 0 atom stereocenters. The summed E-state index contributed by atoms with van der Waals surface area (Å²) in [5.41, 5.74) is 2.62. The van der Waals surface area contributed by atoms with E-state index in [0.29, 0.717) is 58.0 Å². The molecule has 4 heterocycles. The van der Waals surface area contributed by atoms with E-state index in [2.05, 4.69) is 48.4 Å². The number of halogens is 1. The van der Waals surface area contributed by atoms with Crippen molar-refractivity contribution < 1.29 is 22.6 Å². The number of hydrogen-bond acceptors (Lipinski definition) is 11. The van der Waals surface area contributed by atoms with Gasteiger partial charge >= 0.3 is 0 Å². The Bertz CT molecular complexity index is 1550. The lowest BCUT2D eigenvalue weighted by atomic mass is 10.2. The molecule has 3 aliphatic heterocycles. The highest BCUT2D eigenvalue weighted by Crippen LogP contribution is 2.41. The van der Waals surface area contributed by atoms with Crippen LogP contribution < -0.4 is 34.0 Å². The van der Waals surface area contributed by atoms with E-state index in [1.807, 2.05) is 18.2 Å². The zero-order valence-electron chi connectivity index (χ0n) is 24.9. The lowest BCUT2D eigenvalue weighted by Gasteiger charge is -2.35. The van der Waals surface area contributed by atoms with Crippen molar-refractivity contribution in [3.63, 3.8) is 0 Å². The molecule has 1 aromatic heterocycles. The molecule has 3 aliphatic rings. The maximum absolute atomic E-state index is 12.5. The van der Waals surface area contributed by atoms with Crippen molar-refractivity contribution in [1.29, 1.82) is 0 Å². The van der Waals surface area contributed by atoms with Gasteiger partial charge in [0.2, 0.25) is 16.0 Å². The van der Waals surface area contributed by atoms with Crippen LogP contribution in [-0.2, 0) is 10.0 Å². The Morgan fingerprint density at radius 1 is 1.00 bits per heavy atom. The summed E-state index contributed by atoms with van der Waals surface area (Å²) in [5.74, 6) is 2.74. The lowest BCUT2D eigenvalue weighted by Crippen LogP contribution is -2.44. The molecular weight excluding hydrogens is 638 g/mol. The standard InChI is InChI=1S/C29H38BrN7O5S/c1-35-10-12-37(13-11-35)25-18-26(40-3)23-17-27(25)42-15-7-5-6-14-41-20-8-9-22(24(16-20)36(2)43(4,38)39)32-28-21(30)19-31-29(33-23)34-28/h8-9,16-19H,5-7,10-15H2,1-4H3,(H2,31,32,33,34). The molecule has 1 fully saturated rings. The van der Waals surface area contributed by atoms with Gasteiger partial charge in [-0.1, -0.05) is 0 Å². The molecule has 0 spiro atoms. The molecule has 6 bridgehead atoms. The largest absolute Gasteiger partial charge is 0.494 e. The van der Waals surface area contributed by atoms with Crippen LogP contribution in [0.3, 0.4) is 0 Å². The second-order valence-electron chi connectivity index (χ2n) is 10.6. The van der Waals surface area contributed by atoms with E-state index in [-0.39, 0.29) is 0 Å². The highest BCUT2D eigenvalue weighted by atomic mass is 79.9. The number of piperazine rings is 1. The minimum absolute atomic E-state index is 0.318. The van der Waals surface area contributed by atoms with Gasteiger partial charge in [0, 0.05) is 57.6 Å². The van der Waals surface area contributed by atoms with Crippen molar-refractivity contribution in [3.8, 4) is 17.2 Å². The second kappa shape index (κ2) is 13.4. The summed E-state index contributed by atoms with van der Waals surface area (Å²) in [7, 11) is 1.73. The first-order chi connectivity index (χ1) is 20.6. The predicted molar refractivity (Wildman–Crippen MR) is 174 cm³/mol. The van der Waals surface area contributed by atoms with Gasteiger partial charge in [0.05, 0.1) is 53.8 Å². The summed E-state index contributed by atoms with van der Waals surface area (Å²) >= 11 is 3.52. The zero-order chi connectivity index (χ0) is 30.6. The predicted octanol–water partition coefficient (Wildman–Crippen LogP) is 4.82. The lowest BCUT2D eigenvalue weighted by molar-refractivity contribution is 0.277. The normalized spacial score (nSPS) is 16.4. The van der Waals surface area contributed by atoms with E-state index < -0.39 is 10.0 Å². The molecule has 0 radical (unpaired) electrons. The third-order valence-corrected chi connectivity index (χ3v) is 9.26. The molecule has 12 nitrogen and oxygen atoms in total. The van der Waals surface area contributed by atoms with Crippen molar-refractivity contribution in [1.82, 2.24) is 14.9 Å². The number of anilines is 6. The fourth-order valence-corrected chi connectivity index (χ4v) is 5.69. The molecule has 14 heteroatoms. The van der Waals surface area contributed by atoms with Crippen LogP contribution in [0.5, 0.6) is 17.2 Å². The average Bonchev–Trinajstić information content (AvgIpc) is 2.98. The molecule has 6 rings (SSSR count). The molecule has 0 amide bonds. The third kappa shape index (κ3) is 7.54. The number of nitrogens with one attached hydrogen (secondary N) is 2. The van der Waals surface area contributed by atoms with Gasteiger partial charge in [-0.05, 0) is 54.4 Å². The van der Waals surface area contributed by atoms with Crippen molar-refractivity contribution >= 4 is 60.5 Å². The third-order valence-electron chi connectivity index (χ3n) is 7.49. The van der Waals surface area contributed by atoms with Crippen molar-refractivity contribution in [2.45, 2.75) is 19.3 Å². The Hall–Kier alpha value is -3.49. The Balaban J connectivity index is 1.54. The maximum atomic E-state index is 12.5. The Morgan fingerprint density at radius 2 is 1.74 bits per heavy atom. The molecule has 0 aliphatic carbocycles. The molecule has 0 saturated carbocycles. The van der Waals surface area contributed by atoms with Crippen LogP contribution in [0.1, 0.15) is 19.3 Å². The Kier molecular flexibility index (Phi) is 9.67. The Labute approximate surface area is 261 Å². The highest BCUT2D eigenvalue weighted by molar-refractivity contribution is 9.10. The van der Waals surface area contributed by atoms with Gasteiger partial charge in [0.1, 0.15) is 23.1 Å². The van der Waals surface area contributed by atoms with E-state index in [1.54, 1.807) is 25.4 Å². The second-order valence-corrected chi connectivity index (χ2v) is 13.5. The minimum atomic E-state index is -3.55. The Morgan fingerprint density at radius 3 is 2.47 bits per heavy atom. The number of ether oxygens (including phenoxy) is 3. The maximum Gasteiger partial charge on any atom is 0.232 e. The van der Waals surface area contributed by atoms with E-state index in [4.69, 9.17) is 19.2 Å².